The highest BCUT2D eigenvalue weighted by atomic mass is 79.9. The van der Waals surface area contributed by atoms with Gasteiger partial charge in [-0.05, 0) is 6.07 Å². The molecule has 0 radical (unpaired) electrons. The molecular formula is C9H5BrFNO. The molecule has 0 saturated carbocycles. The van der Waals surface area contributed by atoms with Crippen molar-refractivity contribution in [1.82, 2.24) is 0 Å². The van der Waals surface area contributed by atoms with Gasteiger partial charge in [-0.1, -0.05) is 15.9 Å². The van der Waals surface area contributed by atoms with Crippen molar-refractivity contribution >= 4 is 21.6 Å². The van der Waals surface area contributed by atoms with Gasteiger partial charge in [0.1, 0.15) is 11.6 Å². The Morgan fingerprint density at radius 1 is 1.62 bits per heavy atom. The molecule has 1 aliphatic rings. The highest BCUT2D eigenvalue weighted by Gasteiger charge is 2.22. The number of nitrogens with zero attached hydrogens (tertiary/aromatic N) is 1. The van der Waals surface area contributed by atoms with Crippen molar-refractivity contribution in [2.45, 2.75) is 6.42 Å². The minimum absolute atomic E-state index is 0.00398. The summed E-state index contributed by atoms with van der Waals surface area (Å²) in [5.41, 5.74) is 0.892. The molecule has 1 aromatic rings. The van der Waals surface area contributed by atoms with Crippen molar-refractivity contribution in [2.24, 2.45) is 0 Å². The first kappa shape index (κ1) is 8.52. The molecule has 0 unspecified atom stereocenters. The Kier molecular flexibility index (Phi) is 1.97. The fraction of sp³-hybridized carbons (Fsp3) is 0.222. The van der Waals surface area contributed by atoms with Gasteiger partial charge in [0.25, 0.3) is 5.69 Å². The predicted octanol–water partition coefficient (Wildman–Crippen LogP) is 3.07. The summed E-state index contributed by atoms with van der Waals surface area (Å²) in [4.78, 5) is 3.11. The molecule has 0 fully saturated rings. The highest BCUT2D eigenvalue weighted by Crippen LogP contribution is 2.42. The molecule has 0 aromatic heterocycles. The smallest absolute Gasteiger partial charge is 0.263 e. The van der Waals surface area contributed by atoms with Crippen LogP contribution >= 0.6 is 15.9 Å². The van der Waals surface area contributed by atoms with Crippen LogP contribution < -0.4 is 4.74 Å². The van der Waals surface area contributed by atoms with Crippen LogP contribution in [0.3, 0.4) is 0 Å². The van der Waals surface area contributed by atoms with E-state index in [9.17, 15) is 4.39 Å². The quantitative estimate of drug-likeness (QED) is 0.637. The van der Waals surface area contributed by atoms with E-state index in [0.717, 1.165) is 12.0 Å². The van der Waals surface area contributed by atoms with Gasteiger partial charge in [-0.3, -0.25) is 0 Å². The summed E-state index contributed by atoms with van der Waals surface area (Å²) in [6.45, 7) is 7.34. The predicted molar refractivity (Wildman–Crippen MR) is 49.6 cm³/mol. The average molecular weight is 242 g/mol. The van der Waals surface area contributed by atoms with Crippen LogP contribution in [-0.4, -0.2) is 6.61 Å². The molecule has 0 N–H and O–H groups in total. The molecule has 66 valence electrons. The van der Waals surface area contributed by atoms with Crippen LogP contribution in [0.15, 0.2) is 10.5 Å². The number of hydrogen-bond acceptors (Lipinski definition) is 1. The zero-order valence-corrected chi connectivity index (χ0v) is 8.19. The normalized spacial score (nSPS) is 13.3. The molecule has 4 heteroatoms. The lowest BCUT2D eigenvalue weighted by atomic mass is 10.1. The van der Waals surface area contributed by atoms with Gasteiger partial charge in [-0.25, -0.2) is 9.24 Å². The first-order chi connectivity index (χ1) is 6.24. The van der Waals surface area contributed by atoms with E-state index in [-0.39, 0.29) is 5.69 Å². The monoisotopic (exact) mass is 241 g/mol. The zero-order valence-electron chi connectivity index (χ0n) is 6.60. The summed E-state index contributed by atoms with van der Waals surface area (Å²) < 4.78 is 19.1. The molecule has 2 rings (SSSR count). The number of fused-ring (bicyclic) bond motifs is 1. The van der Waals surface area contributed by atoms with Crippen LogP contribution in [0.25, 0.3) is 4.85 Å². The first-order valence-electron chi connectivity index (χ1n) is 3.75. The summed E-state index contributed by atoms with van der Waals surface area (Å²) in [5.74, 6) is -0.121. The third-order valence-corrected chi connectivity index (χ3v) is 2.67. The second-order valence-electron chi connectivity index (χ2n) is 2.71. The molecule has 1 heterocycles. The molecule has 0 spiro atoms. The molecule has 0 saturated heterocycles. The maximum absolute atomic E-state index is 13.2. The Balaban J connectivity index is 2.74. The van der Waals surface area contributed by atoms with Crippen LogP contribution in [0.2, 0.25) is 0 Å². The minimum atomic E-state index is -0.525. The average Bonchev–Trinajstić information content (AvgIpc) is 2.53. The van der Waals surface area contributed by atoms with Crippen molar-refractivity contribution in [3.05, 3.63) is 33.3 Å². The zero-order chi connectivity index (χ0) is 9.42. The Morgan fingerprint density at radius 3 is 3.08 bits per heavy atom. The molecule has 0 aliphatic carbocycles. The lowest BCUT2D eigenvalue weighted by Gasteiger charge is -2.04. The summed E-state index contributed by atoms with van der Waals surface area (Å²) in [6.07, 6.45) is 0.735. The molecule has 1 aromatic carbocycles. The molecule has 2 nitrogen and oxygen atoms in total. The van der Waals surface area contributed by atoms with Crippen LogP contribution in [0, 0.1) is 12.4 Å². The lowest BCUT2D eigenvalue weighted by Crippen LogP contribution is -1.86. The van der Waals surface area contributed by atoms with Gasteiger partial charge in [0, 0.05) is 16.5 Å². The van der Waals surface area contributed by atoms with Gasteiger partial charge in [0.05, 0.1) is 13.2 Å². The van der Waals surface area contributed by atoms with Crippen LogP contribution in [0.5, 0.6) is 5.75 Å². The Labute approximate surface area is 83.3 Å². The third-order valence-electron chi connectivity index (χ3n) is 1.97. The van der Waals surface area contributed by atoms with Crippen LogP contribution in [-0.2, 0) is 6.42 Å². The van der Waals surface area contributed by atoms with Crippen molar-refractivity contribution in [3.8, 4) is 5.75 Å². The summed E-state index contributed by atoms with van der Waals surface area (Å²) >= 11 is 3.24. The van der Waals surface area contributed by atoms with E-state index in [1.54, 1.807) is 0 Å². The van der Waals surface area contributed by atoms with Gasteiger partial charge in [0.15, 0.2) is 0 Å². The van der Waals surface area contributed by atoms with Gasteiger partial charge >= 0.3 is 0 Å². The third kappa shape index (κ3) is 1.20. The van der Waals surface area contributed by atoms with E-state index >= 15 is 0 Å². The van der Waals surface area contributed by atoms with E-state index in [2.05, 4.69) is 20.8 Å². The fourth-order valence-electron chi connectivity index (χ4n) is 1.37. The van der Waals surface area contributed by atoms with E-state index < -0.39 is 5.82 Å². The van der Waals surface area contributed by atoms with E-state index in [0.29, 0.717) is 16.8 Å². The number of halogens is 2. The van der Waals surface area contributed by atoms with Crippen LogP contribution in [0.4, 0.5) is 10.1 Å². The summed E-state index contributed by atoms with van der Waals surface area (Å²) in [5, 5.41) is 0. The van der Waals surface area contributed by atoms with Gasteiger partial charge in [0.2, 0.25) is 0 Å². The van der Waals surface area contributed by atoms with E-state index in [1.165, 1.54) is 6.07 Å². The molecule has 0 amide bonds. The lowest BCUT2D eigenvalue weighted by molar-refractivity contribution is 0.357. The molecule has 0 atom stereocenters. The number of rotatable bonds is 0. The molecule has 1 aliphatic heterocycles. The van der Waals surface area contributed by atoms with E-state index in [1.807, 2.05) is 0 Å². The van der Waals surface area contributed by atoms with Gasteiger partial charge < -0.3 is 4.74 Å². The fourth-order valence-corrected chi connectivity index (χ4v) is 1.95. The maximum atomic E-state index is 13.2. The SMILES string of the molecule is [C-]#[N+]c1c(F)cc(Br)c2c1OCC2. The largest absolute Gasteiger partial charge is 0.504 e. The molecular weight excluding hydrogens is 237 g/mol. The van der Waals surface area contributed by atoms with Crippen molar-refractivity contribution in [2.75, 3.05) is 6.61 Å². The Morgan fingerprint density at radius 2 is 2.38 bits per heavy atom. The molecule has 13 heavy (non-hydrogen) atoms. The van der Waals surface area contributed by atoms with Crippen molar-refractivity contribution in [1.29, 1.82) is 0 Å². The highest BCUT2D eigenvalue weighted by molar-refractivity contribution is 9.10. The van der Waals surface area contributed by atoms with Crippen LogP contribution in [0.1, 0.15) is 5.56 Å². The Hall–Kier alpha value is -1.08. The van der Waals surface area contributed by atoms with Crippen molar-refractivity contribution < 1.29 is 9.13 Å². The first-order valence-corrected chi connectivity index (χ1v) is 4.54. The number of ether oxygens (including phenoxy) is 1. The summed E-state index contributed by atoms with van der Waals surface area (Å²) in [6, 6.07) is 1.32. The maximum Gasteiger partial charge on any atom is 0.263 e. The topological polar surface area (TPSA) is 13.6 Å². The van der Waals surface area contributed by atoms with Gasteiger partial charge in [-0.15, -0.1) is 0 Å². The standard InChI is InChI=1S/C9H5BrFNO/c1-12-8-7(11)4-6(10)5-2-3-13-9(5)8/h4H,2-3H2. The number of hydrogen-bond donors (Lipinski definition) is 0. The number of benzene rings is 1. The molecule has 0 bridgehead atoms. The Bertz CT molecular complexity index is 411. The summed E-state index contributed by atoms with van der Waals surface area (Å²) in [7, 11) is 0. The van der Waals surface area contributed by atoms with Gasteiger partial charge in [-0.2, -0.15) is 0 Å². The minimum Gasteiger partial charge on any atom is -0.504 e. The second kappa shape index (κ2) is 3.00. The van der Waals surface area contributed by atoms with E-state index in [4.69, 9.17) is 11.3 Å². The second-order valence-corrected chi connectivity index (χ2v) is 3.56. The van der Waals surface area contributed by atoms with Crippen molar-refractivity contribution in [3.63, 3.8) is 0 Å².